The molecule has 5 nitrogen and oxygen atoms in total. The van der Waals surface area contributed by atoms with Gasteiger partial charge >= 0.3 is 0 Å². The number of nitrogens with one attached hydrogen (secondary N) is 1. The Morgan fingerprint density at radius 2 is 2.35 bits per heavy atom. The maximum absolute atomic E-state index is 13.2. The van der Waals surface area contributed by atoms with Gasteiger partial charge in [0.2, 0.25) is 11.8 Å². The molecule has 6 heteroatoms. The average molecular weight is 319 g/mol. The number of halogens is 1. The van der Waals surface area contributed by atoms with E-state index in [1.807, 2.05) is 6.92 Å². The minimum absolute atomic E-state index is 0.0871. The molecule has 1 fully saturated rings. The van der Waals surface area contributed by atoms with Crippen LogP contribution in [0.4, 0.5) is 4.39 Å². The van der Waals surface area contributed by atoms with E-state index in [1.165, 1.54) is 12.1 Å². The Balaban J connectivity index is 1.71. The molecule has 1 aliphatic heterocycles. The van der Waals surface area contributed by atoms with Crippen molar-refractivity contribution in [2.45, 2.75) is 45.2 Å². The lowest BCUT2D eigenvalue weighted by Gasteiger charge is -2.34. The number of piperidine rings is 1. The van der Waals surface area contributed by atoms with E-state index >= 15 is 0 Å². The first-order valence-electron chi connectivity index (χ1n) is 8.21. The molecular formula is C17H22FN3O2. The van der Waals surface area contributed by atoms with Crippen LogP contribution in [0.5, 0.6) is 0 Å². The minimum atomic E-state index is -0.327. The molecule has 2 aromatic rings. The lowest BCUT2D eigenvalue weighted by Crippen LogP contribution is -2.42. The molecule has 0 aliphatic carbocycles. The molecule has 0 radical (unpaired) electrons. The monoisotopic (exact) mass is 319 g/mol. The summed E-state index contributed by atoms with van der Waals surface area (Å²) in [5.41, 5.74) is 1.14. The lowest BCUT2D eigenvalue weighted by molar-refractivity contribution is -0.122. The zero-order chi connectivity index (χ0) is 16.2. The molecule has 124 valence electrons. The van der Waals surface area contributed by atoms with E-state index in [0.29, 0.717) is 36.5 Å². The zero-order valence-corrected chi connectivity index (χ0v) is 13.3. The van der Waals surface area contributed by atoms with Gasteiger partial charge in [0.05, 0.1) is 6.54 Å². The molecule has 23 heavy (non-hydrogen) atoms. The van der Waals surface area contributed by atoms with Crippen LogP contribution in [0.3, 0.4) is 0 Å². The van der Waals surface area contributed by atoms with E-state index < -0.39 is 0 Å². The van der Waals surface area contributed by atoms with Crippen molar-refractivity contribution in [1.29, 1.82) is 0 Å². The van der Waals surface area contributed by atoms with Gasteiger partial charge in [-0.3, -0.25) is 9.69 Å². The molecule has 0 bridgehead atoms. The summed E-state index contributed by atoms with van der Waals surface area (Å²) in [7, 11) is 0. The number of fused-ring (bicyclic) bond motifs is 1. The minimum Gasteiger partial charge on any atom is -0.439 e. The quantitative estimate of drug-likeness (QED) is 0.920. The Morgan fingerprint density at radius 3 is 3.17 bits per heavy atom. The third kappa shape index (κ3) is 3.88. The summed E-state index contributed by atoms with van der Waals surface area (Å²) in [5, 5.41) is 2.86. The highest BCUT2D eigenvalue weighted by Crippen LogP contribution is 2.24. The van der Waals surface area contributed by atoms with Gasteiger partial charge in [0.1, 0.15) is 11.3 Å². The summed E-state index contributed by atoms with van der Waals surface area (Å²) in [6.45, 7) is 4.06. The number of rotatable bonds is 5. The van der Waals surface area contributed by atoms with Crippen LogP contribution in [0.15, 0.2) is 22.6 Å². The number of oxazole rings is 1. The second-order valence-corrected chi connectivity index (χ2v) is 6.00. The Morgan fingerprint density at radius 1 is 1.48 bits per heavy atom. The average Bonchev–Trinajstić information content (AvgIpc) is 2.91. The van der Waals surface area contributed by atoms with Crippen LogP contribution >= 0.6 is 0 Å². The molecule has 1 saturated heterocycles. The fourth-order valence-electron chi connectivity index (χ4n) is 3.17. The van der Waals surface area contributed by atoms with Crippen molar-refractivity contribution in [3.63, 3.8) is 0 Å². The van der Waals surface area contributed by atoms with Gasteiger partial charge in [-0.2, -0.15) is 0 Å². The summed E-state index contributed by atoms with van der Waals surface area (Å²) >= 11 is 0. The highest BCUT2D eigenvalue weighted by Gasteiger charge is 2.26. The number of benzene rings is 1. The van der Waals surface area contributed by atoms with E-state index in [1.54, 1.807) is 6.07 Å². The predicted octanol–water partition coefficient (Wildman–Crippen LogP) is 2.85. The smallest absolute Gasteiger partial charge is 0.221 e. The van der Waals surface area contributed by atoms with E-state index in [4.69, 9.17) is 4.42 Å². The van der Waals surface area contributed by atoms with E-state index in [-0.39, 0.29) is 17.8 Å². The first kappa shape index (κ1) is 15.9. The Hall–Kier alpha value is -1.95. The molecule has 1 unspecified atom stereocenters. The van der Waals surface area contributed by atoms with Gasteiger partial charge < -0.3 is 9.73 Å². The number of nitrogens with zero attached hydrogens (tertiary/aromatic N) is 2. The first-order chi connectivity index (χ1) is 11.2. The van der Waals surface area contributed by atoms with Crippen LogP contribution in [0.1, 0.15) is 38.5 Å². The number of amides is 1. The van der Waals surface area contributed by atoms with Crippen molar-refractivity contribution in [3.05, 3.63) is 29.9 Å². The molecule has 1 aromatic heterocycles. The summed E-state index contributed by atoms with van der Waals surface area (Å²) in [6, 6.07) is 4.57. The highest BCUT2D eigenvalue weighted by molar-refractivity contribution is 5.76. The number of carbonyl (C=O) groups excluding carboxylic acids is 1. The molecule has 2 heterocycles. The third-order valence-corrected chi connectivity index (χ3v) is 4.28. The number of carbonyl (C=O) groups is 1. The molecule has 1 N–H and O–H groups in total. The Kier molecular flexibility index (Phi) is 4.91. The van der Waals surface area contributed by atoms with Crippen LogP contribution in [-0.2, 0) is 11.3 Å². The molecule has 0 spiro atoms. The normalized spacial score (nSPS) is 19.1. The summed E-state index contributed by atoms with van der Waals surface area (Å²) in [6.07, 6.45) is 3.76. The fourth-order valence-corrected chi connectivity index (χ4v) is 3.17. The van der Waals surface area contributed by atoms with Gasteiger partial charge in [-0.05, 0) is 38.4 Å². The van der Waals surface area contributed by atoms with Crippen LogP contribution in [0, 0.1) is 5.82 Å². The van der Waals surface area contributed by atoms with E-state index in [9.17, 15) is 9.18 Å². The second-order valence-electron chi connectivity index (χ2n) is 6.00. The highest BCUT2D eigenvalue weighted by atomic mass is 19.1. The van der Waals surface area contributed by atoms with Gasteiger partial charge in [-0.25, -0.2) is 9.37 Å². The summed E-state index contributed by atoms with van der Waals surface area (Å²) in [4.78, 5) is 18.5. The SMILES string of the molecule is CCNC(=O)CC1CCCCN1Cc1nc2ccc(F)cc2o1. The zero-order valence-electron chi connectivity index (χ0n) is 13.3. The first-order valence-corrected chi connectivity index (χ1v) is 8.21. The molecular weight excluding hydrogens is 297 g/mol. The van der Waals surface area contributed by atoms with Crippen LogP contribution in [0.25, 0.3) is 11.1 Å². The van der Waals surface area contributed by atoms with Crippen molar-refractivity contribution < 1.29 is 13.6 Å². The lowest BCUT2D eigenvalue weighted by atomic mass is 9.99. The third-order valence-electron chi connectivity index (χ3n) is 4.28. The topological polar surface area (TPSA) is 58.4 Å². The summed E-state index contributed by atoms with van der Waals surface area (Å²) in [5.74, 6) is 0.338. The van der Waals surface area contributed by atoms with Gasteiger partial charge in [0.15, 0.2) is 5.58 Å². The van der Waals surface area contributed by atoms with E-state index in [0.717, 1.165) is 25.8 Å². The van der Waals surface area contributed by atoms with Crippen LogP contribution in [0.2, 0.25) is 0 Å². The molecule has 1 atom stereocenters. The van der Waals surface area contributed by atoms with Gasteiger partial charge in [-0.15, -0.1) is 0 Å². The fraction of sp³-hybridized carbons (Fsp3) is 0.529. The molecule has 1 aliphatic rings. The molecule has 1 amide bonds. The van der Waals surface area contributed by atoms with Crippen molar-refractivity contribution in [2.24, 2.45) is 0 Å². The van der Waals surface area contributed by atoms with Crippen LogP contribution < -0.4 is 5.32 Å². The second kappa shape index (κ2) is 7.08. The maximum Gasteiger partial charge on any atom is 0.221 e. The molecule has 3 rings (SSSR count). The number of hydrogen-bond donors (Lipinski definition) is 1. The number of hydrogen-bond acceptors (Lipinski definition) is 4. The van der Waals surface area contributed by atoms with E-state index in [2.05, 4.69) is 15.2 Å². The van der Waals surface area contributed by atoms with Crippen LogP contribution in [-0.4, -0.2) is 34.9 Å². The van der Waals surface area contributed by atoms with Crippen molar-refractivity contribution in [2.75, 3.05) is 13.1 Å². The Labute approximate surface area is 134 Å². The predicted molar refractivity (Wildman–Crippen MR) is 85.3 cm³/mol. The number of likely N-dealkylation sites (tertiary alicyclic amines) is 1. The summed E-state index contributed by atoms with van der Waals surface area (Å²) < 4.78 is 18.9. The van der Waals surface area contributed by atoms with Crippen molar-refractivity contribution in [3.8, 4) is 0 Å². The molecule has 0 saturated carbocycles. The van der Waals surface area contributed by atoms with Gasteiger partial charge in [0.25, 0.3) is 0 Å². The Bertz CT molecular complexity index is 686. The van der Waals surface area contributed by atoms with Gasteiger partial charge in [0, 0.05) is 25.1 Å². The van der Waals surface area contributed by atoms with Gasteiger partial charge in [-0.1, -0.05) is 6.42 Å². The van der Waals surface area contributed by atoms with Crippen molar-refractivity contribution >= 4 is 17.0 Å². The van der Waals surface area contributed by atoms with Crippen molar-refractivity contribution in [1.82, 2.24) is 15.2 Å². The molecule has 1 aromatic carbocycles. The maximum atomic E-state index is 13.2. The number of aromatic nitrogens is 1. The standard InChI is InChI=1S/C17H22FN3O2/c1-2-19-16(22)10-13-5-3-4-8-21(13)11-17-20-14-7-6-12(18)9-15(14)23-17/h6-7,9,13H,2-5,8,10-11H2,1H3,(H,19,22). The largest absolute Gasteiger partial charge is 0.439 e.